The van der Waals surface area contributed by atoms with Crippen molar-refractivity contribution < 1.29 is 9.53 Å². The summed E-state index contributed by atoms with van der Waals surface area (Å²) in [6.45, 7) is 13.8. The van der Waals surface area contributed by atoms with Gasteiger partial charge < -0.3 is 15.0 Å². The Morgan fingerprint density at radius 1 is 1.12 bits per heavy atom. The summed E-state index contributed by atoms with van der Waals surface area (Å²) in [7, 11) is 5.80. The third-order valence-corrected chi connectivity index (χ3v) is 4.82. The molecule has 0 radical (unpaired) electrons. The number of nitrogens with one attached hydrogen (secondary N) is 1. The van der Waals surface area contributed by atoms with Crippen LogP contribution in [0.25, 0.3) is 0 Å². The zero-order chi connectivity index (χ0) is 24.1. The van der Waals surface area contributed by atoms with Crippen molar-refractivity contribution in [3.63, 3.8) is 0 Å². The van der Waals surface area contributed by atoms with E-state index in [1.54, 1.807) is 7.11 Å². The van der Waals surface area contributed by atoms with Gasteiger partial charge in [-0.1, -0.05) is 37.6 Å². The Balaban J connectivity index is 0.000000432. The first-order valence-corrected chi connectivity index (χ1v) is 11.3. The van der Waals surface area contributed by atoms with Crippen LogP contribution in [0, 0.1) is 0 Å². The number of methoxy groups -OCH3 is 1. The van der Waals surface area contributed by atoms with Gasteiger partial charge in [0, 0.05) is 23.8 Å². The van der Waals surface area contributed by atoms with Crippen LogP contribution in [-0.2, 0) is 0 Å². The fraction of sp³-hybridized carbons (Fsp3) is 0.444. The first-order valence-electron chi connectivity index (χ1n) is 11.3. The van der Waals surface area contributed by atoms with E-state index in [1.165, 1.54) is 24.1 Å². The summed E-state index contributed by atoms with van der Waals surface area (Å²) in [5.74, 6) is 1.19. The van der Waals surface area contributed by atoms with Gasteiger partial charge in [-0.25, -0.2) is 4.79 Å². The van der Waals surface area contributed by atoms with E-state index < -0.39 is 0 Å². The van der Waals surface area contributed by atoms with Crippen molar-refractivity contribution in [2.75, 3.05) is 44.5 Å². The summed E-state index contributed by atoms with van der Waals surface area (Å²) in [5.41, 5.74) is 4.21. The summed E-state index contributed by atoms with van der Waals surface area (Å²) in [6.07, 6.45) is 2.29. The topological polar surface area (TPSA) is 44.8 Å². The number of fused-ring (bicyclic) bond motifs is 1. The second-order valence-corrected chi connectivity index (χ2v) is 8.44. The van der Waals surface area contributed by atoms with Crippen LogP contribution >= 0.6 is 0 Å². The van der Waals surface area contributed by atoms with Gasteiger partial charge >= 0.3 is 6.03 Å². The number of carbonyl (C=O) groups excluding carboxylic acids is 1. The second-order valence-electron chi connectivity index (χ2n) is 8.44. The SMILES string of the molecule is C=C(C)C.CCC1CN(C(=O)Nc2ccc(OC)cc2)c2ccccc21.CCCN(C)C. The molecule has 5 heteroatoms. The van der Waals surface area contributed by atoms with Gasteiger partial charge in [0.1, 0.15) is 5.75 Å². The van der Waals surface area contributed by atoms with E-state index in [2.05, 4.69) is 50.8 Å². The molecule has 0 aliphatic carbocycles. The predicted molar refractivity (Wildman–Crippen MR) is 138 cm³/mol. The van der Waals surface area contributed by atoms with E-state index in [1.807, 2.05) is 61.2 Å². The molecule has 0 saturated heterocycles. The Kier molecular flexibility index (Phi) is 12.2. The van der Waals surface area contributed by atoms with Crippen molar-refractivity contribution in [3.05, 3.63) is 66.2 Å². The molecule has 1 unspecified atom stereocenters. The van der Waals surface area contributed by atoms with Crippen LogP contribution < -0.4 is 15.0 Å². The van der Waals surface area contributed by atoms with E-state index in [9.17, 15) is 4.79 Å². The molecule has 2 aromatic carbocycles. The molecule has 1 aliphatic rings. The summed E-state index contributed by atoms with van der Waals surface area (Å²) in [5, 5.41) is 2.95. The summed E-state index contributed by atoms with van der Waals surface area (Å²) < 4.78 is 5.13. The van der Waals surface area contributed by atoms with E-state index in [0.29, 0.717) is 5.92 Å². The van der Waals surface area contributed by atoms with Crippen LogP contribution in [0.4, 0.5) is 16.2 Å². The molecule has 0 spiro atoms. The molecule has 1 atom stereocenters. The van der Waals surface area contributed by atoms with Gasteiger partial charge in [-0.2, -0.15) is 0 Å². The largest absolute Gasteiger partial charge is 0.497 e. The lowest BCUT2D eigenvalue weighted by molar-refractivity contribution is 0.257. The van der Waals surface area contributed by atoms with Crippen LogP contribution in [0.1, 0.15) is 52.0 Å². The third-order valence-electron chi connectivity index (χ3n) is 4.82. The number of amides is 2. The molecule has 0 aromatic heterocycles. The van der Waals surface area contributed by atoms with Crippen molar-refractivity contribution in [3.8, 4) is 5.75 Å². The van der Waals surface area contributed by atoms with Gasteiger partial charge in [-0.3, -0.25) is 4.90 Å². The first kappa shape index (κ1) is 27.2. The summed E-state index contributed by atoms with van der Waals surface area (Å²) in [6, 6.07) is 15.4. The van der Waals surface area contributed by atoms with Crippen molar-refractivity contribution >= 4 is 17.4 Å². The van der Waals surface area contributed by atoms with E-state index in [0.717, 1.165) is 30.1 Å². The third kappa shape index (κ3) is 9.15. The maximum absolute atomic E-state index is 12.6. The number of carbonyl (C=O) groups is 1. The Hall–Kier alpha value is -2.79. The number of hydrogen-bond donors (Lipinski definition) is 1. The van der Waals surface area contributed by atoms with Crippen molar-refractivity contribution in [1.82, 2.24) is 4.90 Å². The number of rotatable bonds is 5. The molecule has 2 amide bonds. The highest BCUT2D eigenvalue weighted by Gasteiger charge is 2.30. The lowest BCUT2D eigenvalue weighted by atomic mass is 9.99. The number of para-hydroxylation sites is 1. The number of benzene rings is 2. The molecule has 1 aliphatic heterocycles. The number of nitrogens with zero attached hydrogens (tertiary/aromatic N) is 2. The van der Waals surface area contributed by atoms with E-state index >= 15 is 0 Å². The minimum Gasteiger partial charge on any atom is -0.497 e. The van der Waals surface area contributed by atoms with Crippen molar-refractivity contribution in [2.45, 2.75) is 46.5 Å². The molecule has 1 N–H and O–H groups in total. The first-order chi connectivity index (χ1) is 15.2. The van der Waals surface area contributed by atoms with E-state index in [4.69, 9.17) is 4.74 Å². The Labute approximate surface area is 195 Å². The highest BCUT2D eigenvalue weighted by molar-refractivity contribution is 6.03. The van der Waals surface area contributed by atoms with E-state index in [-0.39, 0.29) is 6.03 Å². The normalized spacial score (nSPS) is 13.9. The molecule has 3 rings (SSSR count). The highest BCUT2D eigenvalue weighted by Crippen LogP contribution is 2.38. The number of urea groups is 1. The molecule has 5 nitrogen and oxygen atoms in total. The summed E-state index contributed by atoms with van der Waals surface area (Å²) >= 11 is 0. The summed E-state index contributed by atoms with van der Waals surface area (Å²) in [4.78, 5) is 16.6. The number of hydrogen-bond acceptors (Lipinski definition) is 3. The van der Waals surface area contributed by atoms with Gasteiger partial charge in [0.15, 0.2) is 0 Å². The zero-order valence-electron chi connectivity index (χ0n) is 20.9. The molecule has 176 valence electrons. The average molecular weight is 440 g/mol. The number of allylic oxidation sites excluding steroid dienone is 1. The molecule has 1 heterocycles. The van der Waals surface area contributed by atoms with Gasteiger partial charge in [-0.05, 0) is 83.2 Å². The quantitative estimate of drug-likeness (QED) is 0.522. The van der Waals surface area contributed by atoms with Gasteiger partial charge in [0.2, 0.25) is 0 Å². The van der Waals surface area contributed by atoms with Crippen molar-refractivity contribution in [1.29, 1.82) is 0 Å². The number of ether oxygens (including phenoxy) is 1. The standard InChI is InChI=1S/C18H20N2O2.C5H13N.C4H8/c1-3-13-12-20(17-7-5-4-6-16(13)17)18(21)19-14-8-10-15(22-2)11-9-14;1-4-5-6(2)3;1-4(2)3/h4-11,13H,3,12H2,1-2H3,(H,19,21);4-5H2,1-3H3;1H2,2-3H3. The molecular weight excluding hydrogens is 398 g/mol. The lowest BCUT2D eigenvalue weighted by Crippen LogP contribution is -2.34. The second kappa shape index (κ2) is 14.3. The lowest BCUT2D eigenvalue weighted by Gasteiger charge is -2.18. The molecule has 32 heavy (non-hydrogen) atoms. The van der Waals surface area contributed by atoms with Crippen LogP contribution in [0.3, 0.4) is 0 Å². The average Bonchev–Trinajstić information content (AvgIpc) is 3.13. The van der Waals surface area contributed by atoms with Crippen LogP contribution in [0.15, 0.2) is 60.7 Å². The molecule has 0 bridgehead atoms. The van der Waals surface area contributed by atoms with Gasteiger partial charge in [0.25, 0.3) is 0 Å². The molecule has 2 aromatic rings. The fourth-order valence-electron chi connectivity index (χ4n) is 3.35. The Morgan fingerprint density at radius 3 is 2.19 bits per heavy atom. The minimum atomic E-state index is -0.0893. The molecule has 0 fully saturated rings. The smallest absolute Gasteiger partial charge is 0.326 e. The predicted octanol–water partition coefficient (Wildman–Crippen LogP) is 6.78. The maximum Gasteiger partial charge on any atom is 0.326 e. The fourth-order valence-corrected chi connectivity index (χ4v) is 3.35. The number of anilines is 2. The van der Waals surface area contributed by atoms with Gasteiger partial charge in [0.05, 0.1) is 7.11 Å². The molecule has 0 saturated carbocycles. The minimum absolute atomic E-state index is 0.0893. The Morgan fingerprint density at radius 2 is 1.72 bits per heavy atom. The highest BCUT2D eigenvalue weighted by atomic mass is 16.5. The van der Waals surface area contributed by atoms with Crippen LogP contribution in [-0.4, -0.2) is 45.2 Å². The van der Waals surface area contributed by atoms with Gasteiger partial charge in [-0.15, -0.1) is 6.58 Å². The zero-order valence-corrected chi connectivity index (χ0v) is 20.9. The Bertz CT molecular complexity index is 827. The maximum atomic E-state index is 12.6. The van der Waals surface area contributed by atoms with Crippen molar-refractivity contribution in [2.24, 2.45) is 0 Å². The monoisotopic (exact) mass is 439 g/mol. The van der Waals surface area contributed by atoms with Crippen LogP contribution in [0.2, 0.25) is 0 Å². The van der Waals surface area contributed by atoms with Crippen LogP contribution in [0.5, 0.6) is 5.75 Å². The molecular formula is C27H41N3O2.